The molecule has 260 valence electrons. The Balaban J connectivity index is 0.000000471. The number of amides is 2. The zero-order valence-corrected chi connectivity index (χ0v) is 29.7. The van der Waals surface area contributed by atoms with Crippen LogP contribution >= 0.6 is 0 Å². The number of fused-ring (bicyclic) bond motifs is 4. The zero-order chi connectivity index (χ0) is 37.4. The van der Waals surface area contributed by atoms with Crippen LogP contribution in [0.25, 0.3) is 49.7 Å². The number of nitrogens with zero attached hydrogens (tertiary/aromatic N) is 6. The summed E-state index contributed by atoms with van der Waals surface area (Å²) in [5.41, 5.74) is 12.6. The molecule has 0 radical (unpaired) electrons. The first-order valence-corrected chi connectivity index (χ1v) is 16.7. The summed E-state index contributed by atoms with van der Waals surface area (Å²) in [5, 5.41) is 1.97. The monoisotopic (exact) mass is 689 g/mol. The first-order chi connectivity index (χ1) is 25.3. The van der Waals surface area contributed by atoms with Gasteiger partial charge in [0.25, 0.3) is 11.8 Å². The van der Waals surface area contributed by atoms with Crippen LogP contribution in [0.4, 0.5) is 5.69 Å². The van der Waals surface area contributed by atoms with Crippen molar-refractivity contribution in [1.29, 1.82) is 0 Å². The maximum absolute atomic E-state index is 13.9. The fourth-order valence-electron chi connectivity index (χ4n) is 5.80. The molecule has 0 bridgehead atoms. The van der Waals surface area contributed by atoms with Crippen molar-refractivity contribution in [3.05, 3.63) is 146 Å². The van der Waals surface area contributed by atoms with Gasteiger partial charge in [-0.15, -0.1) is 0 Å². The quantitative estimate of drug-likeness (QED) is 0.141. The highest BCUT2D eigenvalue weighted by atomic mass is 16.2. The summed E-state index contributed by atoms with van der Waals surface area (Å²) in [4.78, 5) is 55.5. The Labute approximate surface area is 302 Å². The molecule has 2 N–H and O–H groups in total. The number of carbonyl (C=O) groups excluding carboxylic acids is 3. The molecule has 0 atom stereocenters. The highest BCUT2D eigenvalue weighted by Gasteiger charge is 2.39. The summed E-state index contributed by atoms with van der Waals surface area (Å²) >= 11 is 0. The van der Waals surface area contributed by atoms with Gasteiger partial charge in [0.2, 0.25) is 0 Å². The van der Waals surface area contributed by atoms with Crippen molar-refractivity contribution >= 4 is 45.1 Å². The fourth-order valence-corrected chi connectivity index (χ4v) is 5.80. The Bertz CT molecular complexity index is 2280. The molecule has 0 saturated carbocycles. The molecule has 10 nitrogen and oxygen atoms in total. The van der Waals surface area contributed by atoms with Crippen molar-refractivity contribution in [1.82, 2.24) is 24.5 Å². The van der Waals surface area contributed by atoms with E-state index >= 15 is 0 Å². The first kappa shape index (κ1) is 36.6. The molecule has 0 spiro atoms. The summed E-state index contributed by atoms with van der Waals surface area (Å²) in [7, 11) is 1.50. The number of para-hydroxylation sites is 1. The Hall–Kier alpha value is -6.65. The van der Waals surface area contributed by atoms with Gasteiger partial charge in [-0.1, -0.05) is 56.8 Å². The number of Topliss-reactive ketones (excluding diaryl/α,β-unsaturated/α-hetero) is 1. The van der Waals surface area contributed by atoms with Crippen LogP contribution in [0, 0.1) is 0 Å². The highest BCUT2D eigenvalue weighted by Crippen LogP contribution is 2.40. The van der Waals surface area contributed by atoms with Crippen LogP contribution in [0.15, 0.2) is 135 Å². The topological polar surface area (TPSA) is 137 Å². The molecule has 0 unspecified atom stereocenters. The van der Waals surface area contributed by atoms with E-state index in [1.807, 2.05) is 68.4 Å². The Kier molecular flexibility index (Phi) is 11.5. The average molecular weight is 690 g/mol. The van der Waals surface area contributed by atoms with E-state index < -0.39 is 0 Å². The number of anilines is 1. The Morgan fingerprint density at radius 3 is 1.58 bits per heavy atom. The van der Waals surface area contributed by atoms with Gasteiger partial charge < -0.3 is 10.3 Å². The lowest BCUT2D eigenvalue weighted by atomic mass is 10.0. The van der Waals surface area contributed by atoms with Crippen LogP contribution in [0.3, 0.4) is 0 Å². The minimum Gasteiger partial charge on any atom is -0.333 e. The lowest BCUT2D eigenvalue weighted by Crippen LogP contribution is -2.29. The fraction of sp³-hybridized carbons (Fsp3) is 0.119. The highest BCUT2D eigenvalue weighted by molar-refractivity contribution is 6.35. The second-order valence-corrected chi connectivity index (χ2v) is 11.4. The summed E-state index contributed by atoms with van der Waals surface area (Å²) in [6, 6.07) is 26.8. The van der Waals surface area contributed by atoms with Crippen molar-refractivity contribution in [2.24, 2.45) is 5.73 Å². The maximum Gasteiger partial charge on any atom is 0.268 e. The number of aromatic nitrogens is 5. The van der Waals surface area contributed by atoms with Crippen molar-refractivity contribution in [2.45, 2.75) is 27.7 Å². The Morgan fingerprint density at radius 1 is 0.635 bits per heavy atom. The van der Waals surface area contributed by atoms with E-state index in [0.717, 1.165) is 44.1 Å². The van der Waals surface area contributed by atoms with Crippen molar-refractivity contribution in [3.8, 4) is 27.9 Å². The molecule has 52 heavy (non-hydrogen) atoms. The standard InChI is InChI=1S/C34H20N6O2.C5H8O.C2H6.CH5N/c41-33-26-7-4-8-31(32(26)34(42)39(33)25-5-2-1-3-6-25)40-29-11-9-21(23-15-35-19-36-16-23)13-27(29)28-14-22(10-12-30(28)40)24-17-37-20-38-18-24;1-4(2)5(3)6;2*1-2/h1-20H;1H2,2-3H3;1-2H3;2H2,1H3. The van der Waals surface area contributed by atoms with Gasteiger partial charge in [-0.3, -0.25) is 14.4 Å². The Morgan fingerprint density at radius 2 is 1.12 bits per heavy atom. The second kappa shape index (κ2) is 16.4. The van der Waals surface area contributed by atoms with Crippen LogP contribution in [-0.2, 0) is 4.79 Å². The number of rotatable bonds is 5. The molecular weight excluding hydrogens is 651 g/mol. The minimum atomic E-state index is -0.345. The molecule has 1 aliphatic rings. The molecule has 4 aromatic carbocycles. The van der Waals surface area contributed by atoms with Crippen LogP contribution in [0.2, 0.25) is 0 Å². The molecule has 1 aliphatic heterocycles. The van der Waals surface area contributed by atoms with Crippen molar-refractivity contribution < 1.29 is 14.4 Å². The van der Waals surface area contributed by atoms with E-state index in [0.29, 0.717) is 28.1 Å². The van der Waals surface area contributed by atoms with E-state index in [1.54, 1.807) is 49.9 Å². The summed E-state index contributed by atoms with van der Waals surface area (Å²) in [6.45, 7) is 10.6. The largest absolute Gasteiger partial charge is 0.333 e. The molecule has 4 heterocycles. The first-order valence-electron chi connectivity index (χ1n) is 16.7. The third-order valence-electron chi connectivity index (χ3n) is 8.30. The summed E-state index contributed by atoms with van der Waals surface area (Å²) < 4.78 is 2.07. The number of ketones is 1. The van der Waals surface area contributed by atoms with Crippen molar-refractivity contribution in [2.75, 3.05) is 11.9 Å². The van der Waals surface area contributed by atoms with E-state index in [9.17, 15) is 14.4 Å². The molecule has 3 aromatic heterocycles. The van der Waals surface area contributed by atoms with Gasteiger partial charge in [-0.2, -0.15) is 0 Å². The van der Waals surface area contributed by atoms with Gasteiger partial charge in [0, 0.05) is 46.7 Å². The number of allylic oxidation sites excluding steroid dienone is 1. The molecule has 0 aliphatic carbocycles. The predicted octanol–water partition coefficient (Wildman–Crippen LogP) is 8.25. The van der Waals surface area contributed by atoms with Crippen molar-refractivity contribution in [3.63, 3.8) is 0 Å². The summed E-state index contributed by atoms with van der Waals surface area (Å²) in [6.07, 6.45) is 10.2. The molecular formula is C42H39N7O3. The minimum absolute atomic E-state index is 0.0648. The number of benzene rings is 4. The van der Waals surface area contributed by atoms with Gasteiger partial charge in [-0.05, 0) is 86.1 Å². The third-order valence-corrected chi connectivity index (χ3v) is 8.30. The number of carbonyl (C=O) groups is 3. The smallest absolute Gasteiger partial charge is 0.268 e. The zero-order valence-electron chi connectivity index (χ0n) is 29.7. The number of imide groups is 1. The second-order valence-electron chi connectivity index (χ2n) is 11.4. The molecule has 8 rings (SSSR count). The number of hydrogen-bond donors (Lipinski definition) is 1. The molecule has 2 amide bonds. The van der Waals surface area contributed by atoms with Gasteiger partial charge >= 0.3 is 0 Å². The molecule has 0 fully saturated rings. The average Bonchev–Trinajstić information content (AvgIpc) is 3.67. The van der Waals surface area contributed by atoms with E-state index in [4.69, 9.17) is 0 Å². The van der Waals surface area contributed by atoms with Gasteiger partial charge in [0.1, 0.15) is 12.7 Å². The SMILES string of the molecule is C=C(C)C(C)=O.CC.CN.O=C1c2cccc(-n3c4ccc(-c5cncnc5)cc4c4cc(-c5cncnc5)ccc43)c2C(=O)N1c1ccccc1. The van der Waals surface area contributed by atoms with E-state index in [1.165, 1.54) is 31.5 Å². The normalized spacial score (nSPS) is 11.5. The van der Waals surface area contributed by atoms with Crippen LogP contribution in [0.1, 0.15) is 48.4 Å². The molecule has 10 heteroatoms. The lowest BCUT2D eigenvalue weighted by Gasteiger charge is -2.14. The van der Waals surface area contributed by atoms with Gasteiger partial charge in [0.05, 0.1) is 33.5 Å². The number of nitrogens with two attached hydrogens (primary N) is 1. The number of hydrogen-bond acceptors (Lipinski definition) is 8. The maximum atomic E-state index is 13.9. The van der Waals surface area contributed by atoms with Crippen LogP contribution < -0.4 is 10.6 Å². The van der Waals surface area contributed by atoms with E-state index in [2.05, 4.69) is 48.9 Å². The van der Waals surface area contributed by atoms with Crippen LogP contribution in [0.5, 0.6) is 0 Å². The predicted molar refractivity (Wildman–Crippen MR) is 207 cm³/mol. The van der Waals surface area contributed by atoms with Gasteiger partial charge in [0.15, 0.2) is 5.78 Å². The molecule has 7 aromatic rings. The van der Waals surface area contributed by atoms with Gasteiger partial charge in [-0.25, -0.2) is 24.8 Å². The van der Waals surface area contributed by atoms with Crippen LogP contribution in [-0.4, -0.2) is 49.1 Å². The summed E-state index contributed by atoms with van der Waals surface area (Å²) in [5.74, 6) is -0.612. The van der Waals surface area contributed by atoms with E-state index in [-0.39, 0.29) is 17.6 Å². The molecule has 0 saturated heterocycles. The third kappa shape index (κ3) is 7.01. The lowest BCUT2D eigenvalue weighted by molar-refractivity contribution is -0.113.